The van der Waals surface area contributed by atoms with Gasteiger partial charge in [0.2, 0.25) is 0 Å². The van der Waals surface area contributed by atoms with Crippen LogP contribution in [0.5, 0.6) is 0 Å². The number of rotatable bonds is 2. The van der Waals surface area contributed by atoms with Gasteiger partial charge in [-0.1, -0.05) is 22.0 Å². The van der Waals surface area contributed by atoms with E-state index in [4.69, 9.17) is 0 Å². The third-order valence-electron chi connectivity index (χ3n) is 2.24. The monoisotopic (exact) mass is 266 g/mol. The highest BCUT2D eigenvalue weighted by Gasteiger charge is 2.06. The van der Waals surface area contributed by atoms with Crippen molar-refractivity contribution in [2.75, 3.05) is 0 Å². The van der Waals surface area contributed by atoms with Crippen molar-refractivity contribution in [1.82, 2.24) is 9.55 Å². The molecule has 4 heteroatoms. The minimum absolute atomic E-state index is 0.462. The van der Waals surface area contributed by atoms with Crippen LogP contribution >= 0.6 is 15.9 Å². The van der Waals surface area contributed by atoms with Crippen molar-refractivity contribution in [2.24, 2.45) is 0 Å². The summed E-state index contributed by atoms with van der Waals surface area (Å²) in [5, 5.41) is 9.48. The topological polar surface area (TPSA) is 38.0 Å². The fourth-order valence-electron chi connectivity index (χ4n) is 1.43. The van der Waals surface area contributed by atoms with Crippen LogP contribution in [-0.2, 0) is 0 Å². The lowest BCUT2D eigenvalue weighted by Gasteiger charge is -2.09. The molecule has 0 saturated carbocycles. The van der Waals surface area contributed by atoms with E-state index >= 15 is 0 Å². The number of aromatic nitrogens is 2. The van der Waals surface area contributed by atoms with Crippen molar-refractivity contribution < 1.29 is 5.11 Å². The van der Waals surface area contributed by atoms with Crippen LogP contribution in [0, 0.1) is 0 Å². The maximum absolute atomic E-state index is 9.48. The molecule has 2 aromatic rings. The third kappa shape index (κ3) is 2.11. The highest BCUT2D eigenvalue weighted by Crippen LogP contribution is 2.25. The van der Waals surface area contributed by atoms with E-state index in [0.29, 0.717) is 0 Å². The SMILES string of the molecule is CC(O)c1ccc(-n2ccnc2)cc1Br. The number of hydrogen-bond acceptors (Lipinski definition) is 2. The molecule has 1 unspecified atom stereocenters. The second kappa shape index (κ2) is 4.16. The van der Waals surface area contributed by atoms with Gasteiger partial charge in [0, 0.05) is 22.6 Å². The number of imidazole rings is 1. The first-order valence-electron chi connectivity index (χ1n) is 4.64. The second-order valence-electron chi connectivity index (χ2n) is 3.35. The Morgan fingerprint density at radius 3 is 2.80 bits per heavy atom. The van der Waals surface area contributed by atoms with Crippen LogP contribution in [0.15, 0.2) is 41.4 Å². The van der Waals surface area contributed by atoms with E-state index in [2.05, 4.69) is 20.9 Å². The van der Waals surface area contributed by atoms with E-state index in [1.54, 1.807) is 19.4 Å². The Hall–Kier alpha value is -1.13. The van der Waals surface area contributed by atoms with Gasteiger partial charge in [-0.2, -0.15) is 0 Å². The zero-order chi connectivity index (χ0) is 10.8. The Kier molecular flexibility index (Phi) is 2.88. The number of nitrogens with zero attached hydrogens (tertiary/aromatic N) is 2. The van der Waals surface area contributed by atoms with Gasteiger partial charge >= 0.3 is 0 Å². The molecule has 1 aromatic carbocycles. The van der Waals surface area contributed by atoms with Gasteiger partial charge in [0.15, 0.2) is 0 Å². The predicted molar refractivity (Wildman–Crippen MR) is 61.9 cm³/mol. The summed E-state index contributed by atoms with van der Waals surface area (Å²) in [5.74, 6) is 0. The zero-order valence-corrected chi connectivity index (χ0v) is 9.85. The minimum atomic E-state index is -0.462. The van der Waals surface area contributed by atoms with Crippen LogP contribution in [0.3, 0.4) is 0 Å². The van der Waals surface area contributed by atoms with Gasteiger partial charge in [0.1, 0.15) is 0 Å². The van der Waals surface area contributed by atoms with Crippen molar-refractivity contribution in [2.45, 2.75) is 13.0 Å². The molecule has 3 nitrogen and oxygen atoms in total. The first-order valence-corrected chi connectivity index (χ1v) is 5.43. The molecule has 15 heavy (non-hydrogen) atoms. The van der Waals surface area contributed by atoms with Crippen LogP contribution in [0.4, 0.5) is 0 Å². The van der Waals surface area contributed by atoms with Gasteiger partial charge in [-0.15, -0.1) is 0 Å². The lowest BCUT2D eigenvalue weighted by molar-refractivity contribution is 0.198. The molecular weight excluding hydrogens is 256 g/mol. The summed E-state index contributed by atoms with van der Waals surface area (Å²) in [6.07, 6.45) is 4.89. The van der Waals surface area contributed by atoms with Gasteiger partial charge in [0.25, 0.3) is 0 Å². The molecule has 0 spiro atoms. The van der Waals surface area contributed by atoms with Crippen molar-refractivity contribution in [3.63, 3.8) is 0 Å². The maximum atomic E-state index is 9.48. The smallest absolute Gasteiger partial charge is 0.0991 e. The van der Waals surface area contributed by atoms with Gasteiger partial charge in [-0.3, -0.25) is 0 Å². The Bertz CT molecular complexity index is 452. The molecule has 0 bridgehead atoms. The minimum Gasteiger partial charge on any atom is -0.389 e. The number of hydrogen-bond donors (Lipinski definition) is 1. The number of benzene rings is 1. The molecule has 1 atom stereocenters. The van der Waals surface area contributed by atoms with Crippen LogP contribution < -0.4 is 0 Å². The first kappa shape index (κ1) is 10.4. The summed E-state index contributed by atoms with van der Waals surface area (Å²) in [4.78, 5) is 3.98. The van der Waals surface area contributed by atoms with Gasteiger partial charge in [0.05, 0.1) is 12.4 Å². The van der Waals surface area contributed by atoms with E-state index in [1.807, 2.05) is 29.0 Å². The second-order valence-corrected chi connectivity index (χ2v) is 4.21. The van der Waals surface area contributed by atoms with E-state index in [1.165, 1.54) is 0 Å². The molecule has 0 aliphatic rings. The van der Waals surface area contributed by atoms with Crippen molar-refractivity contribution in [3.8, 4) is 5.69 Å². The molecule has 1 aromatic heterocycles. The summed E-state index contributed by atoms with van der Waals surface area (Å²) in [5.41, 5.74) is 1.91. The van der Waals surface area contributed by atoms with Gasteiger partial charge in [-0.25, -0.2) is 4.98 Å². The van der Waals surface area contributed by atoms with E-state index in [9.17, 15) is 5.11 Å². The largest absolute Gasteiger partial charge is 0.389 e. The molecule has 0 radical (unpaired) electrons. The molecular formula is C11H11BrN2O. The molecule has 2 rings (SSSR count). The Morgan fingerprint density at radius 1 is 1.47 bits per heavy atom. The van der Waals surface area contributed by atoms with Crippen LogP contribution in [0.25, 0.3) is 5.69 Å². The van der Waals surface area contributed by atoms with Crippen LogP contribution in [0.1, 0.15) is 18.6 Å². The molecule has 0 aliphatic heterocycles. The number of aliphatic hydroxyl groups excluding tert-OH is 1. The zero-order valence-electron chi connectivity index (χ0n) is 8.26. The Labute approximate surface area is 96.5 Å². The normalized spacial score (nSPS) is 12.7. The average molecular weight is 267 g/mol. The molecule has 0 amide bonds. The summed E-state index contributed by atoms with van der Waals surface area (Å²) in [6, 6.07) is 5.82. The quantitative estimate of drug-likeness (QED) is 0.908. The van der Waals surface area contributed by atoms with Crippen LogP contribution in [0.2, 0.25) is 0 Å². The standard InChI is InChI=1S/C11H11BrN2O/c1-8(15)10-3-2-9(6-11(10)12)14-5-4-13-7-14/h2-8,15H,1H3. The van der Waals surface area contributed by atoms with Crippen molar-refractivity contribution in [1.29, 1.82) is 0 Å². The summed E-state index contributed by atoms with van der Waals surface area (Å²) < 4.78 is 2.82. The molecule has 78 valence electrons. The van der Waals surface area contributed by atoms with Crippen LogP contribution in [-0.4, -0.2) is 14.7 Å². The highest BCUT2D eigenvalue weighted by molar-refractivity contribution is 9.10. The average Bonchev–Trinajstić information content (AvgIpc) is 2.69. The fourth-order valence-corrected chi connectivity index (χ4v) is 2.13. The lowest BCUT2D eigenvalue weighted by Crippen LogP contribution is -1.95. The van der Waals surface area contributed by atoms with E-state index in [-0.39, 0.29) is 0 Å². The lowest BCUT2D eigenvalue weighted by atomic mass is 10.1. The molecule has 0 aliphatic carbocycles. The molecule has 0 fully saturated rings. The third-order valence-corrected chi connectivity index (χ3v) is 2.92. The molecule has 0 saturated heterocycles. The Morgan fingerprint density at radius 2 is 2.27 bits per heavy atom. The maximum Gasteiger partial charge on any atom is 0.0991 e. The summed E-state index contributed by atoms with van der Waals surface area (Å²) in [7, 11) is 0. The fraction of sp³-hybridized carbons (Fsp3) is 0.182. The molecule has 1 N–H and O–H groups in total. The van der Waals surface area contributed by atoms with Gasteiger partial charge in [-0.05, 0) is 24.6 Å². The van der Waals surface area contributed by atoms with E-state index < -0.39 is 6.10 Å². The highest BCUT2D eigenvalue weighted by atomic mass is 79.9. The predicted octanol–water partition coefficient (Wildman–Crippen LogP) is 2.69. The summed E-state index contributed by atoms with van der Waals surface area (Å²) >= 11 is 3.44. The summed E-state index contributed by atoms with van der Waals surface area (Å²) in [6.45, 7) is 1.75. The first-order chi connectivity index (χ1) is 7.18. The molecule has 1 heterocycles. The number of aliphatic hydroxyl groups is 1. The van der Waals surface area contributed by atoms with Crippen molar-refractivity contribution >= 4 is 15.9 Å². The van der Waals surface area contributed by atoms with Crippen molar-refractivity contribution in [3.05, 3.63) is 47.0 Å². The van der Waals surface area contributed by atoms with Gasteiger partial charge < -0.3 is 9.67 Å². The Balaban J connectivity index is 2.42. The number of halogens is 1. The van der Waals surface area contributed by atoms with E-state index in [0.717, 1.165) is 15.7 Å².